The van der Waals surface area contributed by atoms with Gasteiger partial charge in [0.1, 0.15) is 25.7 Å². The van der Waals surface area contributed by atoms with Crippen molar-refractivity contribution in [2.24, 2.45) is 0 Å². The van der Waals surface area contributed by atoms with Crippen molar-refractivity contribution in [3.05, 3.63) is 12.7 Å². The van der Waals surface area contributed by atoms with Crippen LogP contribution in [-0.4, -0.2) is 51.2 Å². The standard InChI is InChI=1S/C11H18N4O3/c1-3-5-14(7-11(17)18-4-2)10(16)6-15-9-12-8-13-15/h8-9H,3-7H2,1-2H3. The molecule has 0 atom stereocenters. The van der Waals surface area contributed by atoms with Crippen molar-refractivity contribution in [1.29, 1.82) is 0 Å². The van der Waals surface area contributed by atoms with Crippen LogP contribution in [0, 0.1) is 0 Å². The summed E-state index contributed by atoms with van der Waals surface area (Å²) in [6.07, 6.45) is 3.61. The maximum Gasteiger partial charge on any atom is 0.325 e. The van der Waals surface area contributed by atoms with Crippen LogP contribution in [0.1, 0.15) is 20.3 Å². The van der Waals surface area contributed by atoms with E-state index >= 15 is 0 Å². The Balaban J connectivity index is 2.54. The molecule has 7 heteroatoms. The molecule has 0 aromatic carbocycles. The highest BCUT2D eigenvalue weighted by Gasteiger charge is 2.17. The summed E-state index contributed by atoms with van der Waals surface area (Å²) >= 11 is 0. The van der Waals surface area contributed by atoms with Gasteiger partial charge < -0.3 is 9.64 Å². The fourth-order valence-corrected chi connectivity index (χ4v) is 1.48. The minimum atomic E-state index is -0.391. The number of aromatic nitrogens is 3. The molecule has 0 spiro atoms. The van der Waals surface area contributed by atoms with Gasteiger partial charge in [0.15, 0.2) is 0 Å². The van der Waals surface area contributed by atoms with Gasteiger partial charge >= 0.3 is 5.97 Å². The Bertz CT molecular complexity index is 378. The molecule has 0 aliphatic rings. The second-order valence-electron chi connectivity index (χ2n) is 3.71. The van der Waals surface area contributed by atoms with Crippen LogP contribution in [0.4, 0.5) is 0 Å². The monoisotopic (exact) mass is 254 g/mol. The summed E-state index contributed by atoms with van der Waals surface area (Å²) in [6.45, 7) is 4.58. The van der Waals surface area contributed by atoms with Gasteiger partial charge in [-0.3, -0.25) is 9.59 Å². The molecule has 1 amide bonds. The average molecular weight is 254 g/mol. The third kappa shape index (κ3) is 4.52. The van der Waals surface area contributed by atoms with Crippen LogP contribution in [0.2, 0.25) is 0 Å². The van der Waals surface area contributed by atoms with Gasteiger partial charge in [-0.15, -0.1) is 0 Å². The number of carbonyl (C=O) groups is 2. The van der Waals surface area contributed by atoms with Gasteiger partial charge in [-0.05, 0) is 13.3 Å². The molecule has 18 heavy (non-hydrogen) atoms. The smallest absolute Gasteiger partial charge is 0.325 e. The van der Waals surface area contributed by atoms with Crippen molar-refractivity contribution >= 4 is 11.9 Å². The van der Waals surface area contributed by atoms with Crippen LogP contribution >= 0.6 is 0 Å². The molecule has 0 fully saturated rings. The second kappa shape index (κ2) is 7.41. The van der Waals surface area contributed by atoms with Crippen molar-refractivity contribution < 1.29 is 14.3 Å². The summed E-state index contributed by atoms with van der Waals surface area (Å²) in [5, 5.41) is 3.86. The number of nitrogens with zero attached hydrogens (tertiary/aromatic N) is 4. The first kappa shape index (κ1) is 14.1. The largest absolute Gasteiger partial charge is 0.465 e. The maximum absolute atomic E-state index is 12.0. The van der Waals surface area contributed by atoms with E-state index in [2.05, 4.69) is 10.1 Å². The Morgan fingerprint density at radius 1 is 1.39 bits per heavy atom. The lowest BCUT2D eigenvalue weighted by molar-refractivity contribution is -0.149. The van der Waals surface area contributed by atoms with Crippen LogP contribution in [0.25, 0.3) is 0 Å². The fourth-order valence-electron chi connectivity index (χ4n) is 1.48. The normalized spacial score (nSPS) is 10.1. The minimum Gasteiger partial charge on any atom is -0.465 e. The van der Waals surface area contributed by atoms with E-state index in [1.807, 2.05) is 6.92 Å². The van der Waals surface area contributed by atoms with E-state index in [0.29, 0.717) is 13.2 Å². The topological polar surface area (TPSA) is 77.3 Å². The van der Waals surface area contributed by atoms with Crippen molar-refractivity contribution in [3.8, 4) is 0 Å². The van der Waals surface area contributed by atoms with E-state index in [1.165, 1.54) is 22.2 Å². The molecule has 0 N–H and O–H groups in total. The van der Waals surface area contributed by atoms with Crippen LogP contribution in [0.3, 0.4) is 0 Å². The van der Waals surface area contributed by atoms with Crippen molar-refractivity contribution in [3.63, 3.8) is 0 Å². The summed E-state index contributed by atoms with van der Waals surface area (Å²) in [7, 11) is 0. The Labute approximate surface area is 106 Å². The number of esters is 1. The van der Waals surface area contributed by atoms with Gasteiger partial charge in [0.25, 0.3) is 0 Å². The summed E-state index contributed by atoms with van der Waals surface area (Å²) in [5.74, 6) is -0.562. The summed E-state index contributed by atoms with van der Waals surface area (Å²) in [5.41, 5.74) is 0. The molecule has 0 radical (unpaired) electrons. The van der Waals surface area contributed by atoms with E-state index in [-0.39, 0.29) is 19.0 Å². The predicted molar refractivity (Wildman–Crippen MR) is 63.5 cm³/mol. The Hall–Kier alpha value is -1.92. The molecular weight excluding hydrogens is 236 g/mol. The number of ether oxygens (including phenoxy) is 1. The fraction of sp³-hybridized carbons (Fsp3) is 0.636. The molecule has 1 aromatic heterocycles. The molecule has 0 aliphatic carbocycles. The molecule has 0 aliphatic heterocycles. The molecule has 0 saturated heterocycles. The first-order chi connectivity index (χ1) is 8.67. The molecular formula is C11H18N4O3. The summed E-state index contributed by atoms with van der Waals surface area (Å²) < 4.78 is 6.26. The third-order valence-electron chi connectivity index (χ3n) is 2.24. The van der Waals surface area contributed by atoms with Crippen molar-refractivity contribution in [2.45, 2.75) is 26.8 Å². The lowest BCUT2D eigenvalue weighted by Crippen LogP contribution is -2.39. The number of rotatable bonds is 7. The first-order valence-corrected chi connectivity index (χ1v) is 5.93. The second-order valence-corrected chi connectivity index (χ2v) is 3.71. The van der Waals surface area contributed by atoms with E-state index in [9.17, 15) is 9.59 Å². The Kier molecular flexibility index (Phi) is 5.83. The van der Waals surface area contributed by atoms with Gasteiger partial charge in [0.2, 0.25) is 5.91 Å². The van der Waals surface area contributed by atoms with Gasteiger partial charge in [-0.1, -0.05) is 6.92 Å². The lowest BCUT2D eigenvalue weighted by atomic mass is 10.3. The number of hydrogen-bond acceptors (Lipinski definition) is 5. The lowest BCUT2D eigenvalue weighted by Gasteiger charge is -2.20. The molecule has 7 nitrogen and oxygen atoms in total. The van der Waals surface area contributed by atoms with E-state index < -0.39 is 5.97 Å². The molecule has 1 rings (SSSR count). The summed E-state index contributed by atoms with van der Waals surface area (Å²) in [4.78, 5) is 28.6. The van der Waals surface area contributed by atoms with E-state index in [1.54, 1.807) is 6.92 Å². The quantitative estimate of drug-likeness (QED) is 0.644. The van der Waals surface area contributed by atoms with Crippen LogP contribution < -0.4 is 0 Å². The van der Waals surface area contributed by atoms with Crippen LogP contribution in [0.5, 0.6) is 0 Å². The molecule has 0 bridgehead atoms. The van der Waals surface area contributed by atoms with Crippen LogP contribution in [-0.2, 0) is 20.9 Å². The Morgan fingerprint density at radius 2 is 2.17 bits per heavy atom. The molecule has 0 unspecified atom stereocenters. The van der Waals surface area contributed by atoms with Gasteiger partial charge in [0, 0.05) is 6.54 Å². The predicted octanol–water partition coefficient (Wildman–Crippen LogP) is 0.0798. The van der Waals surface area contributed by atoms with Crippen molar-refractivity contribution in [1.82, 2.24) is 19.7 Å². The zero-order chi connectivity index (χ0) is 13.4. The average Bonchev–Trinajstić information content (AvgIpc) is 2.81. The number of hydrogen-bond donors (Lipinski definition) is 0. The first-order valence-electron chi connectivity index (χ1n) is 5.93. The summed E-state index contributed by atoms with van der Waals surface area (Å²) in [6, 6.07) is 0. The van der Waals surface area contributed by atoms with E-state index in [4.69, 9.17) is 4.74 Å². The van der Waals surface area contributed by atoms with Crippen LogP contribution in [0.15, 0.2) is 12.7 Å². The molecule has 1 aromatic rings. The molecule has 1 heterocycles. The SMILES string of the molecule is CCCN(CC(=O)OCC)C(=O)Cn1cncn1. The van der Waals surface area contributed by atoms with Gasteiger partial charge in [-0.2, -0.15) is 5.10 Å². The minimum absolute atomic E-state index is 0.0186. The van der Waals surface area contributed by atoms with E-state index in [0.717, 1.165) is 6.42 Å². The van der Waals surface area contributed by atoms with Gasteiger partial charge in [0.05, 0.1) is 6.61 Å². The maximum atomic E-state index is 12.0. The Morgan fingerprint density at radius 3 is 2.72 bits per heavy atom. The highest BCUT2D eigenvalue weighted by molar-refractivity contribution is 5.81. The highest BCUT2D eigenvalue weighted by Crippen LogP contribution is 1.97. The number of amides is 1. The van der Waals surface area contributed by atoms with Crippen molar-refractivity contribution in [2.75, 3.05) is 19.7 Å². The zero-order valence-electron chi connectivity index (χ0n) is 10.7. The zero-order valence-corrected chi connectivity index (χ0v) is 10.7. The molecule has 100 valence electrons. The third-order valence-corrected chi connectivity index (χ3v) is 2.24. The number of carbonyl (C=O) groups excluding carboxylic acids is 2. The molecule has 0 saturated carbocycles. The van der Waals surface area contributed by atoms with Gasteiger partial charge in [-0.25, -0.2) is 9.67 Å². The highest BCUT2D eigenvalue weighted by atomic mass is 16.5.